The Hall–Kier alpha value is 0.270. The molecule has 0 fully saturated rings. The predicted molar refractivity (Wildman–Crippen MR) is 40.5 cm³/mol. The molecule has 2 N–H and O–H groups in total. The van der Waals surface area contributed by atoms with E-state index in [4.69, 9.17) is 10.2 Å². The summed E-state index contributed by atoms with van der Waals surface area (Å²) in [6, 6.07) is 0. The average Bonchev–Trinajstić information content (AvgIpc) is 1.82. The van der Waals surface area contributed by atoms with Crippen molar-refractivity contribution in [1.29, 1.82) is 0 Å². The van der Waals surface area contributed by atoms with Gasteiger partial charge in [0, 0.05) is 5.92 Å². The molecule has 0 amide bonds. The molecule has 0 rings (SSSR count). The summed E-state index contributed by atoms with van der Waals surface area (Å²) >= 11 is 3.97. The molecule has 0 radical (unpaired) electrons. The molecule has 0 spiro atoms. The molecule has 0 bridgehead atoms. The number of hydrogen-bond acceptors (Lipinski definition) is 3. The summed E-state index contributed by atoms with van der Waals surface area (Å²) in [5.74, 6) is 0.490. The molecule has 1 unspecified atom stereocenters. The van der Waals surface area contributed by atoms with E-state index in [-0.39, 0.29) is 5.92 Å². The van der Waals surface area contributed by atoms with Crippen molar-refractivity contribution in [3.63, 3.8) is 0 Å². The Kier molecular flexibility index (Phi) is 5.24. The Bertz CT molecular complexity index is 66.1. The van der Waals surface area contributed by atoms with Crippen molar-refractivity contribution in [1.82, 2.24) is 0 Å². The van der Waals surface area contributed by atoms with Gasteiger partial charge < -0.3 is 10.2 Å². The lowest BCUT2D eigenvalue weighted by molar-refractivity contribution is -0.0788. The zero-order valence-electron chi connectivity index (χ0n) is 5.62. The van der Waals surface area contributed by atoms with Crippen molar-refractivity contribution in [3.8, 4) is 0 Å². The van der Waals surface area contributed by atoms with Gasteiger partial charge in [0.2, 0.25) is 0 Å². The molecular formula is C6H14O2S. The van der Waals surface area contributed by atoms with Gasteiger partial charge in [-0.05, 0) is 12.2 Å². The summed E-state index contributed by atoms with van der Waals surface area (Å²) in [7, 11) is 0. The fourth-order valence-electron chi connectivity index (χ4n) is 0.705. The third kappa shape index (κ3) is 3.78. The van der Waals surface area contributed by atoms with Crippen LogP contribution in [0, 0.1) is 5.92 Å². The molecule has 2 nitrogen and oxygen atoms in total. The third-order valence-corrected chi connectivity index (χ3v) is 1.78. The summed E-state index contributed by atoms with van der Waals surface area (Å²) < 4.78 is 0. The lowest BCUT2D eigenvalue weighted by Gasteiger charge is -2.14. The van der Waals surface area contributed by atoms with Gasteiger partial charge >= 0.3 is 0 Å². The average molecular weight is 150 g/mol. The largest absolute Gasteiger partial charge is 0.368 e. The zero-order chi connectivity index (χ0) is 7.28. The van der Waals surface area contributed by atoms with Crippen LogP contribution >= 0.6 is 12.6 Å². The van der Waals surface area contributed by atoms with Gasteiger partial charge in [0.25, 0.3) is 0 Å². The Balaban J connectivity index is 3.41. The molecule has 0 saturated heterocycles. The first-order valence-corrected chi connectivity index (χ1v) is 3.82. The number of aliphatic hydroxyl groups is 2. The van der Waals surface area contributed by atoms with Crippen LogP contribution in [-0.4, -0.2) is 22.3 Å². The first-order chi connectivity index (χ1) is 4.22. The smallest absolute Gasteiger partial charge is 0.155 e. The van der Waals surface area contributed by atoms with Crippen LogP contribution in [0.25, 0.3) is 0 Å². The van der Waals surface area contributed by atoms with Crippen molar-refractivity contribution in [3.05, 3.63) is 0 Å². The first kappa shape index (κ1) is 9.27. The van der Waals surface area contributed by atoms with Gasteiger partial charge in [-0.15, -0.1) is 0 Å². The molecule has 0 aromatic carbocycles. The van der Waals surface area contributed by atoms with Gasteiger partial charge in [-0.2, -0.15) is 12.6 Å². The predicted octanol–water partition coefficient (Wildman–Crippen LogP) is 0.643. The molecule has 0 aliphatic carbocycles. The van der Waals surface area contributed by atoms with Gasteiger partial charge in [-0.25, -0.2) is 0 Å². The van der Waals surface area contributed by atoms with Crippen LogP contribution in [0.3, 0.4) is 0 Å². The molecule has 3 heteroatoms. The normalized spacial score (nSPS) is 14.3. The number of hydrogen-bond donors (Lipinski definition) is 3. The van der Waals surface area contributed by atoms with E-state index in [9.17, 15) is 0 Å². The Morgan fingerprint density at radius 2 is 2.00 bits per heavy atom. The highest BCUT2D eigenvalue weighted by Gasteiger charge is 2.12. The molecule has 0 saturated carbocycles. The topological polar surface area (TPSA) is 40.5 Å². The van der Waals surface area contributed by atoms with Gasteiger partial charge in [-0.3, -0.25) is 0 Å². The van der Waals surface area contributed by atoms with Crippen LogP contribution in [0.5, 0.6) is 0 Å². The van der Waals surface area contributed by atoms with Gasteiger partial charge in [0.15, 0.2) is 6.29 Å². The van der Waals surface area contributed by atoms with E-state index in [1.807, 2.05) is 6.92 Å². The van der Waals surface area contributed by atoms with Crippen molar-refractivity contribution in [2.45, 2.75) is 26.1 Å². The summed E-state index contributed by atoms with van der Waals surface area (Å²) in [5, 5.41) is 17.3. The fraction of sp³-hybridized carbons (Fsp3) is 1.00. The summed E-state index contributed by atoms with van der Waals surface area (Å²) in [6.45, 7) is 2.01. The van der Waals surface area contributed by atoms with Gasteiger partial charge in [0.1, 0.15) is 0 Å². The molecule has 9 heavy (non-hydrogen) atoms. The Labute approximate surface area is 61.3 Å². The second-order valence-electron chi connectivity index (χ2n) is 2.14. The van der Waals surface area contributed by atoms with E-state index in [1.165, 1.54) is 0 Å². The van der Waals surface area contributed by atoms with Crippen LogP contribution in [0.15, 0.2) is 0 Å². The maximum absolute atomic E-state index is 8.65. The summed E-state index contributed by atoms with van der Waals surface area (Å²) in [5.41, 5.74) is 0. The zero-order valence-corrected chi connectivity index (χ0v) is 6.51. The number of aliphatic hydroxyl groups excluding tert-OH is 1. The maximum atomic E-state index is 8.65. The first-order valence-electron chi connectivity index (χ1n) is 3.19. The van der Waals surface area contributed by atoms with E-state index in [2.05, 4.69) is 12.6 Å². The highest BCUT2D eigenvalue weighted by atomic mass is 32.1. The van der Waals surface area contributed by atoms with Crippen LogP contribution in [0.2, 0.25) is 0 Å². The Morgan fingerprint density at radius 1 is 1.44 bits per heavy atom. The SMILES string of the molecule is CCCC(CS)C(O)O. The quantitative estimate of drug-likeness (QED) is 0.406. The molecule has 0 aromatic rings. The molecule has 0 heterocycles. The van der Waals surface area contributed by atoms with E-state index in [1.54, 1.807) is 0 Å². The van der Waals surface area contributed by atoms with Crippen molar-refractivity contribution in [2.75, 3.05) is 5.75 Å². The van der Waals surface area contributed by atoms with E-state index in [0.717, 1.165) is 12.8 Å². The summed E-state index contributed by atoms with van der Waals surface area (Å²) in [6.07, 6.45) is 0.617. The lowest BCUT2D eigenvalue weighted by Crippen LogP contribution is -2.20. The minimum atomic E-state index is -1.19. The van der Waals surface area contributed by atoms with Crippen molar-refractivity contribution < 1.29 is 10.2 Å². The van der Waals surface area contributed by atoms with Crippen molar-refractivity contribution in [2.24, 2.45) is 5.92 Å². The minimum Gasteiger partial charge on any atom is -0.368 e. The third-order valence-electron chi connectivity index (χ3n) is 1.32. The van der Waals surface area contributed by atoms with Crippen LogP contribution < -0.4 is 0 Å². The van der Waals surface area contributed by atoms with Crippen LogP contribution in [0.1, 0.15) is 19.8 Å². The van der Waals surface area contributed by atoms with Crippen LogP contribution in [0.4, 0.5) is 0 Å². The molecule has 56 valence electrons. The van der Waals surface area contributed by atoms with Gasteiger partial charge in [0.05, 0.1) is 0 Å². The van der Waals surface area contributed by atoms with Crippen LogP contribution in [-0.2, 0) is 0 Å². The highest BCUT2D eigenvalue weighted by Crippen LogP contribution is 2.10. The second kappa shape index (κ2) is 5.09. The fourth-order valence-corrected chi connectivity index (χ4v) is 1.08. The van der Waals surface area contributed by atoms with E-state index < -0.39 is 6.29 Å². The number of rotatable bonds is 4. The van der Waals surface area contributed by atoms with E-state index in [0.29, 0.717) is 5.75 Å². The van der Waals surface area contributed by atoms with Gasteiger partial charge in [-0.1, -0.05) is 13.3 Å². The highest BCUT2D eigenvalue weighted by molar-refractivity contribution is 7.80. The molecule has 0 aliphatic rings. The number of thiol groups is 1. The molecule has 1 atom stereocenters. The molecule has 0 aliphatic heterocycles. The molecule has 0 aromatic heterocycles. The second-order valence-corrected chi connectivity index (χ2v) is 2.51. The maximum Gasteiger partial charge on any atom is 0.155 e. The van der Waals surface area contributed by atoms with E-state index >= 15 is 0 Å². The van der Waals surface area contributed by atoms with Crippen molar-refractivity contribution >= 4 is 12.6 Å². The monoisotopic (exact) mass is 150 g/mol. The Morgan fingerprint density at radius 3 is 2.11 bits per heavy atom. The minimum absolute atomic E-state index is 0.0571. The standard InChI is InChI=1S/C6H14O2S/c1-2-3-5(4-9)6(7)8/h5-9H,2-4H2,1H3. The lowest BCUT2D eigenvalue weighted by atomic mass is 10.1. The molecular weight excluding hydrogens is 136 g/mol. The summed E-state index contributed by atoms with van der Waals surface area (Å²) in [4.78, 5) is 0.